The summed E-state index contributed by atoms with van der Waals surface area (Å²) in [5, 5.41) is 2.82. The monoisotopic (exact) mass is 388 g/mol. The normalized spacial score (nSPS) is 25.1. The van der Waals surface area contributed by atoms with Crippen molar-refractivity contribution in [2.24, 2.45) is 11.7 Å². The van der Waals surface area contributed by atoms with Gasteiger partial charge in [0.05, 0.1) is 0 Å². The van der Waals surface area contributed by atoms with Gasteiger partial charge in [-0.15, -0.1) is 0 Å². The Morgan fingerprint density at radius 3 is 2.68 bits per heavy atom. The maximum Gasteiger partial charge on any atom is 0.325 e. The molecule has 1 saturated carbocycles. The van der Waals surface area contributed by atoms with Crippen LogP contribution in [0.25, 0.3) is 0 Å². The van der Waals surface area contributed by atoms with Crippen molar-refractivity contribution in [2.45, 2.75) is 70.6 Å². The number of pyridine rings is 1. The van der Waals surface area contributed by atoms with Gasteiger partial charge in [-0.05, 0) is 56.6 Å². The highest BCUT2D eigenvalue weighted by atomic mass is 16.5. The zero-order chi connectivity index (χ0) is 20.3. The average Bonchev–Trinajstić information content (AvgIpc) is 2.94. The largest absolute Gasteiger partial charge is 0.474 e. The molecule has 2 aliphatic rings. The Bertz CT molecular complexity index is 743. The van der Waals surface area contributed by atoms with Gasteiger partial charge in [0.1, 0.15) is 17.7 Å². The molecule has 1 aromatic heterocycles. The van der Waals surface area contributed by atoms with Gasteiger partial charge < -0.3 is 15.8 Å². The lowest BCUT2D eigenvalue weighted by molar-refractivity contribution is -0.130. The van der Waals surface area contributed by atoms with Crippen molar-refractivity contribution in [3.63, 3.8) is 0 Å². The Hall–Kier alpha value is -2.64. The summed E-state index contributed by atoms with van der Waals surface area (Å²) in [7, 11) is 0. The highest BCUT2D eigenvalue weighted by molar-refractivity contribution is 6.04. The van der Waals surface area contributed by atoms with Gasteiger partial charge in [-0.3, -0.25) is 14.5 Å². The molecule has 8 heteroatoms. The maximum absolute atomic E-state index is 12.7. The van der Waals surface area contributed by atoms with Crippen LogP contribution in [0.1, 0.15) is 62.7 Å². The van der Waals surface area contributed by atoms with Gasteiger partial charge in [0.15, 0.2) is 0 Å². The van der Waals surface area contributed by atoms with Crippen LogP contribution in [0.2, 0.25) is 0 Å². The van der Waals surface area contributed by atoms with Crippen molar-refractivity contribution in [3.8, 4) is 5.88 Å². The number of aromatic nitrogens is 1. The second-order valence-electron chi connectivity index (χ2n) is 7.95. The number of amides is 4. The van der Waals surface area contributed by atoms with E-state index in [2.05, 4.69) is 24.1 Å². The van der Waals surface area contributed by atoms with E-state index in [9.17, 15) is 14.4 Å². The summed E-state index contributed by atoms with van der Waals surface area (Å²) < 4.78 is 5.88. The third-order valence-electron chi connectivity index (χ3n) is 5.41. The number of hydrogen-bond donors (Lipinski definition) is 2. The van der Waals surface area contributed by atoms with Gasteiger partial charge in [0.25, 0.3) is 11.8 Å². The number of nitrogens with zero attached hydrogens (tertiary/aromatic N) is 2. The molecular formula is C20H28N4O4. The van der Waals surface area contributed by atoms with Crippen LogP contribution >= 0.6 is 0 Å². The van der Waals surface area contributed by atoms with Crippen LogP contribution in [0.4, 0.5) is 4.79 Å². The fraction of sp³-hybridized carbons (Fsp3) is 0.600. The predicted octanol–water partition coefficient (Wildman–Crippen LogP) is 2.23. The lowest BCUT2D eigenvalue weighted by Gasteiger charge is -2.33. The molecule has 2 heterocycles. The summed E-state index contributed by atoms with van der Waals surface area (Å²) >= 11 is 0. The second-order valence-corrected chi connectivity index (χ2v) is 7.95. The van der Waals surface area contributed by atoms with Crippen molar-refractivity contribution in [1.29, 1.82) is 0 Å². The molecule has 0 aromatic carbocycles. The lowest BCUT2D eigenvalue weighted by atomic mass is 9.91. The number of rotatable bonds is 7. The number of nitrogens with one attached hydrogen (secondary N) is 1. The lowest BCUT2D eigenvalue weighted by Crippen LogP contribution is -2.44. The maximum atomic E-state index is 12.7. The minimum Gasteiger partial charge on any atom is -0.474 e. The van der Waals surface area contributed by atoms with E-state index >= 15 is 0 Å². The summed E-state index contributed by atoms with van der Waals surface area (Å²) in [5.41, 5.74) is 5.62. The number of carbonyl (C=O) groups is 3. The Morgan fingerprint density at radius 1 is 1.32 bits per heavy atom. The summed E-state index contributed by atoms with van der Waals surface area (Å²) in [5.74, 6) is 0.0322. The minimum absolute atomic E-state index is 0.115. The van der Waals surface area contributed by atoms with Gasteiger partial charge in [-0.25, -0.2) is 9.78 Å². The van der Waals surface area contributed by atoms with E-state index in [4.69, 9.17) is 10.5 Å². The molecule has 1 aromatic rings. The van der Waals surface area contributed by atoms with E-state index in [1.807, 2.05) is 0 Å². The van der Waals surface area contributed by atoms with Crippen molar-refractivity contribution in [2.75, 3.05) is 0 Å². The number of primary amides is 1. The highest BCUT2D eigenvalue weighted by Crippen LogP contribution is 2.29. The van der Waals surface area contributed by atoms with Crippen LogP contribution in [0, 0.1) is 5.92 Å². The highest BCUT2D eigenvalue weighted by Gasteiger charge is 2.42. The van der Waals surface area contributed by atoms with Gasteiger partial charge in [0, 0.05) is 12.2 Å². The number of ether oxygens (including phenoxy) is 1. The molecule has 1 atom stereocenters. The van der Waals surface area contributed by atoms with E-state index in [0.717, 1.165) is 6.42 Å². The smallest absolute Gasteiger partial charge is 0.325 e. The first kappa shape index (κ1) is 20.1. The van der Waals surface area contributed by atoms with E-state index in [1.165, 1.54) is 4.90 Å². The van der Waals surface area contributed by atoms with Crippen molar-refractivity contribution >= 4 is 17.8 Å². The molecule has 1 saturated heterocycles. The number of carbonyl (C=O) groups excluding carboxylic acids is 3. The quantitative estimate of drug-likeness (QED) is 0.695. The van der Waals surface area contributed by atoms with Gasteiger partial charge >= 0.3 is 6.03 Å². The Morgan fingerprint density at radius 2 is 2.04 bits per heavy atom. The third kappa shape index (κ3) is 4.43. The zero-order valence-corrected chi connectivity index (χ0v) is 16.4. The molecule has 1 aliphatic carbocycles. The van der Waals surface area contributed by atoms with Crippen LogP contribution in [0.15, 0.2) is 18.3 Å². The number of nitrogens with two attached hydrogens (primary N) is 1. The molecule has 0 bridgehead atoms. The molecule has 152 valence electrons. The second kappa shape index (κ2) is 8.58. The van der Waals surface area contributed by atoms with Crippen LogP contribution in [-0.2, 0) is 4.79 Å². The van der Waals surface area contributed by atoms with Crippen molar-refractivity contribution < 1.29 is 19.1 Å². The molecule has 4 amide bonds. The molecule has 0 spiro atoms. The first-order valence-corrected chi connectivity index (χ1v) is 9.91. The first-order valence-electron chi connectivity index (χ1n) is 9.91. The number of hydrogen-bond acceptors (Lipinski definition) is 5. The average molecular weight is 388 g/mol. The summed E-state index contributed by atoms with van der Waals surface area (Å²) in [6.07, 6.45) is 5.68. The Balaban J connectivity index is 1.56. The fourth-order valence-corrected chi connectivity index (χ4v) is 3.84. The zero-order valence-electron chi connectivity index (χ0n) is 16.4. The first-order chi connectivity index (χ1) is 13.4. The van der Waals surface area contributed by atoms with Crippen LogP contribution in [0.3, 0.4) is 0 Å². The van der Waals surface area contributed by atoms with E-state index in [1.54, 1.807) is 18.3 Å². The molecule has 3 rings (SSSR count). The van der Waals surface area contributed by atoms with E-state index in [-0.39, 0.29) is 35.5 Å². The Kier molecular flexibility index (Phi) is 6.16. The predicted molar refractivity (Wildman–Crippen MR) is 103 cm³/mol. The van der Waals surface area contributed by atoms with Crippen molar-refractivity contribution in [3.05, 3.63) is 23.9 Å². The fourth-order valence-electron chi connectivity index (χ4n) is 3.84. The molecule has 3 N–H and O–H groups in total. The molecule has 1 aliphatic heterocycles. The number of imide groups is 1. The minimum atomic E-state index is -0.580. The SMILES string of the molecule is CC(C)CCC1NC(=O)N(C2CCC(Oc3ncccc3C(N)=O)CC2)C1=O. The van der Waals surface area contributed by atoms with Gasteiger partial charge in [-0.1, -0.05) is 13.8 Å². The standard InChI is InChI=1S/C20H28N4O4/c1-12(2)5-10-16-19(26)24(20(27)23-16)13-6-8-14(9-7-13)28-18-15(17(21)25)4-3-11-22-18/h3-4,11-14,16H,5-10H2,1-2H3,(H2,21,25)(H,23,27). The van der Waals surface area contributed by atoms with E-state index in [0.29, 0.717) is 38.0 Å². The molecule has 8 nitrogen and oxygen atoms in total. The molecular weight excluding hydrogens is 360 g/mol. The van der Waals surface area contributed by atoms with Gasteiger partial charge in [-0.2, -0.15) is 0 Å². The summed E-state index contributed by atoms with van der Waals surface area (Å²) in [6, 6.07) is 2.41. The molecule has 0 radical (unpaired) electrons. The van der Waals surface area contributed by atoms with Crippen LogP contribution < -0.4 is 15.8 Å². The third-order valence-corrected chi connectivity index (χ3v) is 5.41. The summed E-state index contributed by atoms with van der Waals surface area (Å²) in [4.78, 5) is 42.0. The Labute approximate surface area is 164 Å². The molecule has 1 unspecified atom stereocenters. The summed E-state index contributed by atoms with van der Waals surface area (Å²) in [6.45, 7) is 4.21. The number of urea groups is 1. The van der Waals surface area contributed by atoms with E-state index < -0.39 is 11.9 Å². The van der Waals surface area contributed by atoms with Gasteiger partial charge in [0.2, 0.25) is 5.88 Å². The molecule has 2 fully saturated rings. The van der Waals surface area contributed by atoms with Crippen molar-refractivity contribution in [1.82, 2.24) is 15.2 Å². The topological polar surface area (TPSA) is 115 Å². The van der Waals surface area contributed by atoms with Crippen LogP contribution in [0.5, 0.6) is 5.88 Å². The molecule has 28 heavy (non-hydrogen) atoms. The van der Waals surface area contributed by atoms with Crippen LogP contribution in [-0.4, -0.2) is 45.9 Å².